The summed E-state index contributed by atoms with van der Waals surface area (Å²) in [5.74, 6) is 1.48. The Morgan fingerprint density at radius 1 is 0.955 bits per heavy atom. The average Bonchev–Trinajstić information content (AvgIpc) is 2.99. The lowest BCUT2D eigenvalue weighted by Gasteiger charge is -2.39. The molecule has 0 bridgehead atoms. The third-order valence-electron chi connectivity index (χ3n) is 7.20. The number of carbonyl (C=O) groups is 1. The van der Waals surface area contributed by atoms with E-state index in [9.17, 15) is 30.3 Å². The van der Waals surface area contributed by atoms with Gasteiger partial charge in [0.15, 0.2) is 0 Å². The molecule has 5 atom stereocenters. The molecule has 3 aromatic rings. The molecule has 1 aliphatic rings. The Morgan fingerprint density at radius 2 is 1.73 bits per heavy atom. The normalized spacial score (nSPS) is 21.5. The van der Waals surface area contributed by atoms with Crippen molar-refractivity contribution >= 4 is 5.91 Å². The highest BCUT2D eigenvalue weighted by Crippen LogP contribution is 2.37. The number of phenolic OH excluding ortho intramolecular Hbond substituents is 1. The molecule has 0 spiro atoms. The summed E-state index contributed by atoms with van der Waals surface area (Å²) in [5.41, 5.74) is 7.25. The maximum Gasteiger partial charge on any atom is 0.229 e. The number of hydrogen-bond acceptors (Lipinski definition) is 11. The maximum atomic E-state index is 10.9. The summed E-state index contributed by atoms with van der Waals surface area (Å²) in [7, 11) is 0. The lowest BCUT2D eigenvalue weighted by molar-refractivity contribution is -0.277. The molecule has 12 nitrogen and oxygen atoms in total. The first-order valence-corrected chi connectivity index (χ1v) is 14.4. The number of amides is 1. The number of benzene rings is 3. The summed E-state index contributed by atoms with van der Waals surface area (Å²) in [6.45, 7) is 2.80. The van der Waals surface area contributed by atoms with Crippen molar-refractivity contribution in [3.05, 3.63) is 77.4 Å². The molecular weight excluding hydrogens is 572 g/mol. The minimum atomic E-state index is -1.62. The van der Waals surface area contributed by atoms with Crippen molar-refractivity contribution in [2.75, 3.05) is 26.3 Å². The molecule has 0 aliphatic carbocycles. The monoisotopic (exact) mass is 612 g/mol. The van der Waals surface area contributed by atoms with E-state index < -0.39 is 37.3 Å². The fraction of sp³-hybridized carbons (Fsp3) is 0.406. The number of nitrogens with two attached hydrogens (primary N) is 1. The van der Waals surface area contributed by atoms with Gasteiger partial charge in [0, 0.05) is 37.1 Å². The second-order valence-electron chi connectivity index (χ2n) is 10.6. The molecule has 8 N–H and O–H groups in total. The van der Waals surface area contributed by atoms with E-state index in [1.807, 2.05) is 42.5 Å². The Kier molecular flexibility index (Phi) is 11.8. The highest BCUT2D eigenvalue weighted by atomic mass is 16.7. The molecule has 12 heteroatoms. The van der Waals surface area contributed by atoms with Gasteiger partial charge in [0.1, 0.15) is 53.2 Å². The molecule has 1 amide bonds. The smallest absolute Gasteiger partial charge is 0.229 e. The van der Waals surface area contributed by atoms with E-state index in [0.29, 0.717) is 54.5 Å². The van der Waals surface area contributed by atoms with Gasteiger partial charge in [0.05, 0.1) is 13.2 Å². The molecular formula is C32H40N2O10. The molecule has 1 heterocycles. The van der Waals surface area contributed by atoms with Crippen molar-refractivity contribution in [2.24, 2.45) is 5.73 Å². The lowest BCUT2D eigenvalue weighted by Crippen LogP contribution is -2.60. The Morgan fingerprint density at radius 3 is 2.45 bits per heavy atom. The standard InChI is InChI=1S/C32H40N2O10/c1-19-14-21(36)16-26(43-32-31(40)30(39)29(38)27(18-35)44-32)24(19)15-20-8-9-23(41-13-5-11-34-12-10-28(33)37)17-25(20)42-22-6-3-2-4-7-22/h2-4,6-9,14,16-17,27,29-32,34-36,38-40H,5,10-13,15,18H2,1H3,(H2,33,37)/t27-,29-,30+,31-,32-/m1/s1. The molecule has 44 heavy (non-hydrogen) atoms. The summed E-state index contributed by atoms with van der Waals surface area (Å²) < 4.78 is 23.7. The van der Waals surface area contributed by atoms with E-state index in [-0.39, 0.29) is 30.2 Å². The van der Waals surface area contributed by atoms with Gasteiger partial charge in [0.25, 0.3) is 0 Å². The molecule has 1 fully saturated rings. The van der Waals surface area contributed by atoms with Crippen LogP contribution in [0.3, 0.4) is 0 Å². The van der Waals surface area contributed by atoms with Crippen molar-refractivity contribution in [3.8, 4) is 28.7 Å². The second kappa shape index (κ2) is 15.7. The molecule has 0 aromatic heterocycles. The third kappa shape index (κ3) is 8.82. The first-order valence-electron chi connectivity index (χ1n) is 14.4. The number of aliphatic hydroxyl groups is 4. The summed E-state index contributed by atoms with van der Waals surface area (Å²) in [5, 5.41) is 54.0. The zero-order chi connectivity index (χ0) is 31.6. The number of primary amides is 1. The zero-order valence-corrected chi connectivity index (χ0v) is 24.5. The van der Waals surface area contributed by atoms with Crippen molar-refractivity contribution in [1.82, 2.24) is 5.32 Å². The number of para-hydroxylation sites is 1. The van der Waals surface area contributed by atoms with Gasteiger partial charge in [-0.3, -0.25) is 4.79 Å². The fourth-order valence-electron chi connectivity index (χ4n) is 4.78. The van der Waals surface area contributed by atoms with Crippen molar-refractivity contribution in [2.45, 2.75) is 56.9 Å². The van der Waals surface area contributed by atoms with Crippen LogP contribution in [0.5, 0.6) is 28.7 Å². The molecule has 0 radical (unpaired) electrons. The number of nitrogens with one attached hydrogen (secondary N) is 1. The molecule has 0 unspecified atom stereocenters. The molecule has 238 valence electrons. The quantitative estimate of drug-likeness (QED) is 0.123. The van der Waals surface area contributed by atoms with Crippen LogP contribution in [0.4, 0.5) is 0 Å². The van der Waals surface area contributed by atoms with Gasteiger partial charge in [-0.05, 0) is 55.3 Å². The Labute approximate surface area is 255 Å². The number of ether oxygens (including phenoxy) is 4. The maximum absolute atomic E-state index is 10.9. The zero-order valence-electron chi connectivity index (χ0n) is 24.5. The molecule has 1 aliphatic heterocycles. The Hall–Kier alpha value is -3.91. The minimum absolute atomic E-state index is 0.0838. The van der Waals surface area contributed by atoms with Crippen LogP contribution in [0.1, 0.15) is 29.5 Å². The number of aliphatic hydroxyl groups excluding tert-OH is 4. The van der Waals surface area contributed by atoms with Gasteiger partial charge in [-0.25, -0.2) is 0 Å². The molecule has 1 saturated heterocycles. The minimum Gasteiger partial charge on any atom is -0.508 e. The van der Waals surface area contributed by atoms with Crippen molar-refractivity contribution in [1.29, 1.82) is 0 Å². The van der Waals surface area contributed by atoms with Crippen LogP contribution in [0.25, 0.3) is 0 Å². The Balaban J connectivity index is 1.55. The van der Waals surface area contributed by atoms with Crippen LogP contribution in [-0.4, -0.2) is 88.4 Å². The van der Waals surface area contributed by atoms with E-state index in [1.54, 1.807) is 19.1 Å². The summed E-state index contributed by atoms with van der Waals surface area (Å²) in [6, 6.07) is 17.7. The number of carbonyl (C=O) groups excluding carboxylic acids is 1. The van der Waals surface area contributed by atoms with Crippen LogP contribution >= 0.6 is 0 Å². The number of hydrogen-bond donors (Lipinski definition) is 7. The topological polar surface area (TPSA) is 193 Å². The number of aromatic hydroxyl groups is 1. The van der Waals surface area contributed by atoms with E-state index in [0.717, 1.165) is 5.56 Å². The average molecular weight is 613 g/mol. The highest BCUT2D eigenvalue weighted by Gasteiger charge is 2.45. The van der Waals surface area contributed by atoms with E-state index in [1.165, 1.54) is 6.07 Å². The molecule has 4 rings (SSSR count). The van der Waals surface area contributed by atoms with Crippen LogP contribution in [-0.2, 0) is 16.0 Å². The van der Waals surface area contributed by atoms with Gasteiger partial charge in [0.2, 0.25) is 12.2 Å². The van der Waals surface area contributed by atoms with Crippen molar-refractivity contribution in [3.63, 3.8) is 0 Å². The Bertz CT molecular complexity index is 1370. The first kappa shape index (κ1) is 33.0. The fourth-order valence-corrected chi connectivity index (χ4v) is 4.78. The van der Waals surface area contributed by atoms with Gasteiger partial charge in [-0.1, -0.05) is 24.3 Å². The van der Waals surface area contributed by atoms with Crippen molar-refractivity contribution < 1.29 is 49.3 Å². The van der Waals surface area contributed by atoms with Crippen LogP contribution in [0.2, 0.25) is 0 Å². The van der Waals surface area contributed by atoms with Gasteiger partial charge in [-0.15, -0.1) is 0 Å². The predicted octanol–water partition coefficient (Wildman–Crippen LogP) is 1.50. The summed E-state index contributed by atoms with van der Waals surface area (Å²) in [6.07, 6.45) is -6.07. The third-order valence-corrected chi connectivity index (χ3v) is 7.20. The van der Waals surface area contributed by atoms with Gasteiger partial charge < -0.3 is 55.5 Å². The summed E-state index contributed by atoms with van der Waals surface area (Å²) in [4.78, 5) is 10.9. The SMILES string of the molecule is Cc1cc(O)cc(O[C@@H]2O[C@H](CO)[C@@H](O)[C@H](O)[C@H]2O)c1Cc1ccc(OCCCNCCC(N)=O)cc1Oc1ccccc1. The second-order valence-corrected chi connectivity index (χ2v) is 10.6. The molecule has 0 saturated carbocycles. The van der Waals surface area contributed by atoms with Crippen LogP contribution < -0.4 is 25.3 Å². The molecule has 3 aromatic carbocycles. The van der Waals surface area contributed by atoms with E-state index in [4.69, 9.17) is 24.7 Å². The van der Waals surface area contributed by atoms with Gasteiger partial charge >= 0.3 is 0 Å². The lowest BCUT2D eigenvalue weighted by atomic mass is 9.97. The van der Waals surface area contributed by atoms with E-state index in [2.05, 4.69) is 5.32 Å². The first-order chi connectivity index (χ1) is 21.2. The van der Waals surface area contributed by atoms with Gasteiger partial charge in [-0.2, -0.15) is 0 Å². The van der Waals surface area contributed by atoms with E-state index >= 15 is 0 Å². The number of phenols is 1. The number of rotatable bonds is 15. The predicted molar refractivity (Wildman–Crippen MR) is 160 cm³/mol. The number of aryl methyl sites for hydroxylation is 1. The van der Waals surface area contributed by atoms with Crippen LogP contribution in [0, 0.1) is 6.92 Å². The van der Waals surface area contributed by atoms with Crippen LogP contribution in [0.15, 0.2) is 60.7 Å². The summed E-state index contributed by atoms with van der Waals surface area (Å²) >= 11 is 0. The largest absolute Gasteiger partial charge is 0.508 e. The highest BCUT2D eigenvalue weighted by molar-refractivity contribution is 5.73.